The number of hydrogen-bond acceptors (Lipinski definition) is 7. The first-order valence-electron chi connectivity index (χ1n) is 12.0. The SMILES string of the molecule is CC(C)C(NC(=O)C(CC(=O)O)NC(=O)C(N)Cc1ccccc1)C(=O)NC(CCCN=C(N)N)C(=O)O. The van der Waals surface area contributed by atoms with Crippen molar-refractivity contribution in [1.82, 2.24) is 16.0 Å². The standard InChI is InChI=1S/C24H37N7O7/c1-13(2)19(22(36)29-16(23(37)38)9-6-10-28-24(26)27)31-21(35)17(12-18(32)33)30-20(34)15(25)11-14-7-4-3-5-8-14/h3-5,7-8,13,15-17,19H,6,9-12,25H2,1-2H3,(H,29,36)(H,30,34)(H,31,35)(H,32,33)(H,37,38)(H4,26,27,28). The van der Waals surface area contributed by atoms with Gasteiger partial charge in [0.15, 0.2) is 5.96 Å². The smallest absolute Gasteiger partial charge is 0.326 e. The van der Waals surface area contributed by atoms with E-state index in [4.69, 9.17) is 17.2 Å². The van der Waals surface area contributed by atoms with Gasteiger partial charge in [-0.1, -0.05) is 44.2 Å². The Balaban J connectivity index is 2.89. The maximum absolute atomic E-state index is 12.9. The lowest BCUT2D eigenvalue weighted by Gasteiger charge is -2.26. The molecule has 14 heteroatoms. The van der Waals surface area contributed by atoms with Crippen LogP contribution < -0.4 is 33.2 Å². The molecule has 0 saturated heterocycles. The lowest BCUT2D eigenvalue weighted by molar-refractivity contribution is -0.143. The number of carboxylic acids is 2. The molecule has 11 N–H and O–H groups in total. The fourth-order valence-electron chi connectivity index (χ4n) is 3.43. The topological polar surface area (TPSA) is 252 Å². The summed E-state index contributed by atoms with van der Waals surface area (Å²) in [5.74, 6) is -5.76. The minimum atomic E-state index is -1.52. The first kappa shape index (κ1) is 31.8. The van der Waals surface area contributed by atoms with Crippen molar-refractivity contribution < 1.29 is 34.2 Å². The average molecular weight is 536 g/mol. The molecule has 0 saturated carbocycles. The predicted molar refractivity (Wildman–Crippen MR) is 139 cm³/mol. The van der Waals surface area contributed by atoms with Crippen LogP contribution in [0.2, 0.25) is 0 Å². The van der Waals surface area contributed by atoms with Crippen LogP contribution in [0.5, 0.6) is 0 Å². The molecule has 4 atom stereocenters. The zero-order valence-corrected chi connectivity index (χ0v) is 21.4. The number of nitrogens with one attached hydrogen (secondary N) is 3. The van der Waals surface area contributed by atoms with E-state index >= 15 is 0 Å². The summed E-state index contributed by atoms with van der Waals surface area (Å²) in [7, 11) is 0. The van der Waals surface area contributed by atoms with Gasteiger partial charge in [-0.2, -0.15) is 0 Å². The van der Waals surface area contributed by atoms with Crippen LogP contribution in [-0.2, 0) is 30.4 Å². The third kappa shape index (κ3) is 11.7. The number of nitrogens with two attached hydrogens (primary N) is 3. The van der Waals surface area contributed by atoms with E-state index in [9.17, 15) is 34.2 Å². The van der Waals surface area contributed by atoms with Gasteiger partial charge in [-0.25, -0.2) is 4.79 Å². The Morgan fingerprint density at radius 1 is 0.895 bits per heavy atom. The molecule has 0 aliphatic rings. The van der Waals surface area contributed by atoms with Crippen molar-refractivity contribution >= 4 is 35.6 Å². The summed E-state index contributed by atoms with van der Waals surface area (Å²) in [5.41, 5.74) is 17.2. The minimum absolute atomic E-state index is 0.0214. The van der Waals surface area contributed by atoms with Crippen LogP contribution in [0.4, 0.5) is 0 Å². The molecule has 0 aliphatic heterocycles. The number of nitrogens with zero attached hydrogens (tertiary/aromatic N) is 1. The largest absolute Gasteiger partial charge is 0.481 e. The second-order valence-corrected chi connectivity index (χ2v) is 9.03. The van der Waals surface area contributed by atoms with Crippen molar-refractivity contribution in [2.45, 2.75) is 63.7 Å². The first-order valence-corrected chi connectivity index (χ1v) is 12.0. The summed E-state index contributed by atoms with van der Waals surface area (Å²) in [6.45, 7) is 3.38. The van der Waals surface area contributed by atoms with Crippen molar-refractivity contribution in [3.8, 4) is 0 Å². The van der Waals surface area contributed by atoms with Crippen molar-refractivity contribution in [2.75, 3.05) is 6.54 Å². The molecule has 0 aliphatic carbocycles. The highest BCUT2D eigenvalue weighted by Crippen LogP contribution is 2.07. The monoisotopic (exact) mass is 535 g/mol. The zero-order chi connectivity index (χ0) is 28.8. The molecule has 38 heavy (non-hydrogen) atoms. The molecule has 0 heterocycles. The number of benzene rings is 1. The molecular weight excluding hydrogens is 498 g/mol. The van der Waals surface area contributed by atoms with Gasteiger partial charge in [-0.3, -0.25) is 24.2 Å². The highest BCUT2D eigenvalue weighted by Gasteiger charge is 2.32. The number of carboxylic acid groups (broad SMARTS) is 2. The van der Waals surface area contributed by atoms with Crippen LogP contribution in [0.3, 0.4) is 0 Å². The molecule has 14 nitrogen and oxygen atoms in total. The summed E-state index contributed by atoms with van der Waals surface area (Å²) in [4.78, 5) is 65.2. The predicted octanol–water partition coefficient (Wildman–Crippen LogP) is -1.72. The molecule has 1 aromatic carbocycles. The van der Waals surface area contributed by atoms with Gasteiger partial charge in [0, 0.05) is 6.54 Å². The van der Waals surface area contributed by atoms with Gasteiger partial charge in [-0.15, -0.1) is 0 Å². The molecule has 1 rings (SSSR count). The number of guanidine groups is 1. The molecule has 3 amide bonds. The maximum Gasteiger partial charge on any atom is 0.326 e. The molecule has 1 aromatic rings. The second kappa shape index (κ2) is 15.8. The van der Waals surface area contributed by atoms with Crippen molar-refractivity contribution in [3.05, 3.63) is 35.9 Å². The first-order chi connectivity index (χ1) is 17.8. The fourth-order valence-corrected chi connectivity index (χ4v) is 3.43. The van der Waals surface area contributed by atoms with Crippen LogP contribution >= 0.6 is 0 Å². The number of aliphatic imine (C=N–C) groups is 1. The highest BCUT2D eigenvalue weighted by molar-refractivity contribution is 5.95. The Bertz CT molecular complexity index is 997. The minimum Gasteiger partial charge on any atom is -0.481 e. The number of amides is 3. The summed E-state index contributed by atoms with van der Waals surface area (Å²) in [6.07, 6.45) is -0.313. The van der Waals surface area contributed by atoms with Gasteiger partial charge >= 0.3 is 11.9 Å². The molecule has 0 fully saturated rings. The Morgan fingerprint density at radius 3 is 2.03 bits per heavy atom. The number of carbonyl (C=O) groups excluding carboxylic acids is 3. The lowest BCUT2D eigenvalue weighted by atomic mass is 10.0. The Kier molecular flexibility index (Phi) is 13.2. The third-order valence-electron chi connectivity index (χ3n) is 5.45. The quantitative estimate of drug-likeness (QED) is 0.0675. The number of carbonyl (C=O) groups is 5. The number of hydrogen-bond donors (Lipinski definition) is 8. The molecule has 4 unspecified atom stereocenters. The maximum atomic E-state index is 12.9. The molecule has 0 spiro atoms. The van der Waals surface area contributed by atoms with Crippen LogP contribution in [0.1, 0.15) is 38.7 Å². The van der Waals surface area contributed by atoms with Gasteiger partial charge in [-0.05, 0) is 30.7 Å². The van der Waals surface area contributed by atoms with Crippen molar-refractivity contribution in [2.24, 2.45) is 28.1 Å². The van der Waals surface area contributed by atoms with E-state index in [2.05, 4.69) is 20.9 Å². The zero-order valence-electron chi connectivity index (χ0n) is 21.4. The summed E-state index contributed by atoms with van der Waals surface area (Å²) < 4.78 is 0. The lowest BCUT2D eigenvalue weighted by Crippen LogP contribution is -2.58. The van der Waals surface area contributed by atoms with Gasteiger partial charge in [0.25, 0.3) is 0 Å². The molecular formula is C24H37N7O7. The highest BCUT2D eigenvalue weighted by atomic mass is 16.4. The molecule has 210 valence electrons. The van der Waals surface area contributed by atoms with Crippen LogP contribution in [0.15, 0.2) is 35.3 Å². The summed E-state index contributed by atoms with van der Waals surface area (Å²) >= 11 is 0. The van der Waals surface area contributed by atoms with E-state index in [-0.39, 0.29) is 31.8 Å². The van der Waals surface area contributed by atoms with E-state index in [0.717, 1.165) is 5.56 Å². The third-order valence-corrected chi connectivity index (χ3v) is 5.45. The summed E-state index contributed by atoms with van der Waals surface area (Å²) in [6, 6.07) is 3.82. The van der Waals surface area contributed by atoms with Gasteiger partial charge in [0.1, 0.15) is 18.1 Å². The second-order valence-electron chi connectivity index (χ2n) is 9.03. The van der Waals surface area contributed by atoms with Gasteiger partial charge < -0.3 is 43.4 Å². The average Bonchev–Trinajstić information content (AvgIpc) is 2.83. The molecule has 0 aromatic heterocycles. The normalized spacial score (nSPS) is 13.9. The number of aliphatic carboxylic acids is 2. The van der Waals surface area contributed by atoms with E-state index in [0.29, 0.717) is 0 Å². The fraction of sp³-hybridized carbons (Fsp3) is 0.500. The van der Waals surface area contributed by atoms with Crippen LogP contribution in [-0.4, -0.2) is 76.5 Å². The Morgan fingerprint density at radius 2 is 1.50 bits per heavy atom. The number of rotatable bonds is 16. The van der Waals surface area contributed by atoms with E-state index in [1.807, 2.05) is 0 Å². The molecule has 0 radical (unpaired) electrons. The van der Waals surface area contributed by atoms with Crippen LogP contribution in [0.25, 0.3) is 0 Å². The van der Waals surface area contributed by atoms with E-state index in [1.54, 1.807) is 44.2 Å². The molecule has 0 bridgehead atoms. The van der Waals surface area contributed by atoms with E-state index in [1.165, 1.54) is 0 Å². The Hall–Kier alpha value is -4.20. The summed E-state index contributed by atoms with van der Waals surface area (Å²) in [5, 5.41) is 25.9. The van der Waals surface area contributed by atoms with Gasteiger partial charge in [0.05, 0.1) is 12.5 Å². The van der Waals surface area contributed by atoms with Crippen LogP contribution in [0, 0.1) is 5.92 Å². The Labute approximate surface area is 220 Å². The van der Waals surface area contributed by atoms with Gasteiger partial charge in [0.2, 0.25) is 17.7 Å². The van der Waals surface area contributed by atoms with Crippen molar-refractivity contribution in [3.63, 3.8) is 0 Å². The van der Waals surface area contributed by atoms with Crippen molar-refractivity contribution in [1.29, 1.82) is 0 Å². The van der Waals surface area contributed by atoms with E-state index < -0.39 is 66.2 Å².